The first kappa shape index (κ1) is 27.7. The van der Waals surface area contributed by atoms with Crippen molar-refractivity contribution in [3.8, 4) is 22.9 Å². The number of carboxylic acids is 1. The minimum absolute atomic E-state index is 0.230. The quantitative estimate of drug-likeness (QED) is 0.477. The molecule has 1 aromatic carbocycles. The Balaban J connectivity index is 2.28. The number of carboxylic acid groups (broad SMARTS) is 1. The van der Waals surface area contributed by atoms with Crippen LogP contribution in [0.4, 0.5) is 4.79 Å². The van der Waals surface area contributed by atoms with Crippen LogP contribution in [0, 0.1) is 17.2 Å². The predicted molar refractivity (Wildman–Crippen MR) is 132 cm³/mol. The number of carbonyl (C=O) groups excluding carboxylic acids is 1. The van der Waals surface area contributed by atoms with E-state index in [0.717, 1.165) is 4.57 Å². The van der Waals surface area contributed by atoms with Crippen molar-refractivity contribution in [1.82, 2.24) is 9.88 Å². The van der Waals surface area contributed by atoms with Gasteiger partial charge in [0.1, 0.15) is 17.4 Å². The summed E-state index contributed by atoms with van der Waals surface area (Å²) < 4.78 is 11.7. The summed E-state index contributed by atoms with van der Waals surface area (Å²) in [5, 5.41) is 22.4. The van der Waals surface area contributed by atoms with Crippen molar-refractivity contribution < 1.29 is 24.2 Å². The van der Waals surface area contributed by atoms with E-state index in [2.05, 4.69) is 11.4 Å². The van der Waals surface area contributed by atoms with Crippen LogP contribution in [0.15, 0.2) is 35.3 Å². The van der Waals surface area contributed by atoms with E-state index in [-0.39, 0.29) is 5.75 Å². The lowest BCUT2D eigenvalue weighted by atomic mass is 9.95. The zero-order valence-corrected chi connectivity index (χ0v) is 21.2. The van der Waals surface area contributed by atoms with Gasteiger partial charge in [-0.25, -0.2) is 9.59 Å². The normalized spacial score (nSPS) is 12.8. The number of carbonyl (C=O) groups is 2. The highest BCUT2D eigenvalue weighted by Crippen LogP contribution is 2.34. The maximum Gasteiger partial charge on any atom is 0.407 e. The minimum atomic E-state index is -1.17. The molecular formula is C25H30ClN3O6. The Hall–Kier alpha value is -3.51. The highest BCUT2D eigenvalue weighted by atomic mass is 35.5. The molecule has 35 heavy (non-hydrogen) atoms. The van der Waals surface area contributed by atoms with Crippen LogP contribution < -0.4 is 15.6 Å². The number of halogens is 1. The Bertz CT molecular complexity index is 1180. The third-order valence-corrected chi connectivity index (χ3v) is 5.49. The van der Waals surface area contributed by atoms with E-state index in [9.17, 15) is 24.8 Å². The highest BCUT2D eigenvalue weighted by molar-refractivity contribution is 6.31. The lowest BCUT2D eigenvalue weighted by Gasteiger charge is -2.24. The summed E-state index contributed by atoms with van der Waals surface area (Å²) in [6.07, 6.45) is 1.71. The van der Waals surface area contributed by atoms with Crippen LogP contribution in [-0.2, 0) is 9.53 Å². The topological polar surface area (TPSA) is 131 Å². The molecule has 0 aliphatic rings. The molecule has 0 radical (unpaired) electrons. The smallest absolute Gasteiger partial charge is 0.407 e. The largest absolute Gasteiger partial charge is 0.495 e. The number of alkyl carbamates (subject to hydrolysis) is 1. The zero-order chi connectivity index (χ0) is 26.3. The number of hydrogen-bond acceptors (Lipinski definition) is 6. The third kappa shape index (κ3) is 7.49. The summed E-state index contributed by atoms with van der Waals surface area (Å²) in [6, 6.07) is 6.80. The van der Waals surface area contributed by atoms with Crippen molar-refractivity contribution in [1.29, 1.82) is 5.26 Å². The Morgan fingerprint density at radius 3 is 2.51 bits per heavy atom. The standard InChI is InChI=1S/C25H30ClN3O6/c1-15(7-6-10-28-24(33)35-25(2,3)4)22(23(31)32)29-14-20(34-5)19(12-21(29)30)18-11-17(26)9-8-16(18)13-27/h8-9,11-12,14-15,22H,6-7,10H2,1-5H3,(H,28,33)(H,31,32). The Morgan fingerprint density at radius 2 is 1.94 bits per heavy atom. The van der Waals surface area contributed by atoms with Crippen LogP contribution in [0.1, 0.15) is 52.1 Å². The van der Waals surface area contributed by atoms with Gasteiger partial charge in [-0.15, -0.1) is 0 Å². The number of rotatable bonds is 9. The molecule has 2 rings (SSSR count). The van der Waals surface area contributed by atoms with Gasteiger partial charge < -0.3 is 19.9 Å². The molecule has 2 atom stereocenters. The number of nitrogens with zero attached hydrogens (tertiary/aromatic N) is 2. The van der Waals surface area contributed by atoms with Gasteiger partial charge in [0, 0.05) is 28.8 Å². The molecule has 0 saturated heterocycles. The molecule has 1 amide bonds. The van der Waals surface area contributed by atoms with Crippen LogP contribution in [0.25, 0.3) is 11.1 Å². The van der Waals surface area contributed by atoms with Crippen molar-refractivity contribution in [3.63, 3.8) is 0 Å². The van der Waals surface area contributed by atoms with E-state index in [1.54, 1.807) is 39.8 Å². The zero-order valence-electron chi connectivity index (χ0n) is 20.4. The summed E-state index contributed by atoms with van der Waals surface area (Å²) >= 11 is 6.09. The average Bonchev–Trinajstić information content (AvgIpc) is 2.76. The molecule has 1 heterocycles. The second-order valence-electron chi connectivity index (χ2n) is 9.13. The Kier molecular flexibility index (Phi) is 9.32. The van der Waals surface area contributed by atoms with Crippen LogP contribution in [-0.4, -0.2) is 41.0 Å². The van der Waals surface area contributed by atoms with E-state index in [1.165, 1.54) is 25.4 Å². The number of ether oxygens (including phenoxy) is 2. The van der Waals surface area contributed by atoms with Gasteiger partial charge in [0.25, 0.3) is 5.56 Å². The van der Waals surface area contributed by atoms with E-state index in [1.807, 2.05) is 0 Å². The number of pyridine rings is 1. The van der Waals surface area contributed by atoms with E-state index < -0.39 is 35.2 Å². The van der Waals surface area contributed by atoms with E-state index >= 15 is 0 Å². The number of aromatic nitrogens is 1. The van der Waals surface area contributed by atoms with Crippen LogP contribution in [0.3, 0.4) is 0 Å². The summed E-state index contributed by atoms with van der Waals surface area (Å²) in [4.78, 5) is 36.9. The first-order chi connectivity index (χ1) is 16.4. The van der Waals surface area contributed by atoms with Gasteiger partial charge in [-0.05, 0) is 57.7 Å². The van der Waals surface area contributed by atoms with Crippen LogP contribution in [0.2, 0.25) is 5.02 Å². The molecule has 188 valence electrons. The number of aliphatic carboxylic acids is 1. The minimum Gasteiger partial charge on any atom is -0.495 e. The summed E-state index contributed by atoms with van der Waals surface area (Å²) in [5.74, 6) is -1.38. The molecule has 0 bridgehead atoms. The van der Waals surface area contributed by atoms with Crippen LogP contribution in [0.5, 0.6) is 5.75 Å². The number of amides is 1. The molecule has 0 saturated carbocycles. The van der Waals surface area contributed by atoms with Gasteiger partial charge in [-0.3, -0.25) is 9.36 Å². The molecule has 10 heteroatoms. The molecule has 1 aromatic heterocycles. The van der Waals surface area contributed by atoms with Gasteiger partial charge in [-0.1, -0.05) is 18.5 Å². The summed E-state index contributed by atoms with van der Waals surface area (Å²) in [6.45, 7) is 7.31. The Labute approximate surface area is 209 Å². The fourth-order valence-electron chi connectivity index (χ4n) is 3.68. The first-order valence-electron chi connectivity index (χ1n) is 11.1. The lowest BCUT2D eigenvalue weighted by molar-refractivity contribution is -0.142. The van der Waals surface area contributed by atoms with Gasteiger partial charge in [0.15, 0.2) is 0 Å². The highest BCUT2D eigenvalue weighted by Gasteiger charge is 2.28. The van der Waals surface area contributed by atoms with Gasteiger partial charge in [0.2, 0.25) is 0 Å². The van der Waals surface area contributed by atoms with Gasteiger partial charge in [0.05, 0.1) is 24.9 Å². The monoisotopic (exact) mass is 503 g/mol. The maximum atomic E-state index is 13.0. The second kappa shape index (κ2) is 11.8. The molecule has 2 unspecified atom stereocenters. The fourth-order valence-corrected chi connectivity index (χ4v) is 3.85. The first-order valence-corrected chi connectivity index (χ1v) is 11.5. The Morgan fingerprint density at radius 1 is 1.26 bits per heavy atom. The third-order valence-electron chi connectivity index (χ3n) is 5.25. The van der Waals surface area contributed by atoms with Crippen LogP contribution >= 0.6 is 11.6 Å². The number of hydrogen-bond donors (Lipinski definition) is 2. The van der Waals surface area contributed by atoms with Crippen molar-refractivity contribution in [2.45, 2.75) is 52.2 Å². The predicted octanol–water partition coefficient (Wildman–Crippen LogP) is 4.62. The van der Waals surface area contributed by atoms with Gasteiger partial charge >= 0.3 is 12.1 Å². The SMILES string of the molecule is COc1cn(C(C(=O)O)C(C)CCCNC(=O)OC(C)(C)C)c(=O)cc1-c1cc(Cl)ccc1C#N. The molecule has 2 aromatic rings. The van der Waals surface area contributed by atoms with Crippen molar-refractivity contribution in [2.24, 2.45) is 5.92 Å². The van der Waals surface area contributed by atoms with Crippen molar-refractivity contribution in [2.75, 3.05) is 13.7 Å². The number of nitrogens with one attached hydrogen (secondary N) is 1. The fraction of sp³-hybridized carbons (Fsp3) is 0.440. The maximum absolute atomic E-state index is 13.0. The second-order valence-corrected chi connectivity index (χ2v) is 9.57. The van der Waals surface area contributed by atoms with Crippen molar-refractivity contribution >= 4 is 23.7 Å². The number of methoxy groups -OCH3 is 1. The van der Waals surface area contributed by atoms with Crippen molar-refractivity contribution in [3.05, 3.63) is 51.4 Å². The summed E-state index contributed by atoms with van der Waals surface area (Å²) in [5.41, 5.74) is -0.126. The number of nitriles is 1. The summed E-state index contributed by atoms with van der Waals surface area (Å²) in [7, 11) is 1.39. The average molecular weight is 504 g/mol. The number of benzene rings is 1. The molecule has 0 spiro atoms. The van der Waals surface area contributed by atoms with Gasteiger partial charge in [-0.2, -0.15) is 5.26 Å². The molecule has 2 N–H and O–H groups in total. The molecule has 0 aliphatic carbocycles. The molecule has 9 nitrogen and oxygen atoms in total. The lowest BCUT2D eigenvalue weighted by Crippen LogP contribution is -2.35. The van der Waals surface area contributed by atoms with E-state index in [0.29, 0.717) is 41.1 Å². The molecule has 0 fully saturated rings. The molecular weight excluding hydrogens is 474 g/mol. The van der Waals surface area contributed by atoms with E-state index in [4.69, 9.17) is 21.1 Å². The molecule has 0 aliphatic heterocycles.